The summed E-state index contributed by atoms with van der Waals surface area (Å²) in [5, 5.41) is 3.65. The van der Waals surface area contributed by atoms with E-state index in [0.717, 1.165) is 26.2 Å². The molecule has 2 heteroatoms. The fourth-order valence-corrected chi connectivity index (χ4v) is 2.42. The molecule has 0 aliphatic rings. The van der Waals surface area contributed by atoms with E-state index in [1.807, 2.05) is 0 Å². The molecule has 2 nitrogen and oxygen atoms in total. The first kappa shape index (κ1) is 17.2. The Labute approximate surface area is 124 Å². The SMILES string of the molecule is CCOCCCC(CNC(C)(C)C)c1ccccc1C. The van der Waals surface area contributed by atoms with Gasteiger partial charge in [-0.2, -0.15) is 0 Å². The molecule has 0 saturated heterocycles. The second kappa shape index (κ2) is 8.43. The summed E-state index contributed by atoms with van der Waals surface area (Å²) in [4.78, 5) is 0. The van der Waals surface area contributed by atoms with E-state index < -0.39 is 0 Å². The molecule has 1 atom stereocenters. The molecule has 0 radical (unpaired) electrons. The third-order valence-electron chi connectivity index (χ3n) is 3.55. The van der Waals surface area contributed by atoms with E-state index in [0.29, 0.717) is 5.92 Å². The maximum absolute atomic E-state index is 5.48. The van der Waals surface area contributed by atoms with Crippen LogP contribution < -0.4 is 5.32 Å². The number of rotatable bonds is 8. The largest absolute Gasteiger partial charge is 0.382 e. The highest BCUT2D eigenvalue weighted by molar-refractivity contribution is 5.29. The lowest BCUT2D eigenvalue weighted by molar-refractivity contribution is 0.141. The van der Waals surface area contributed by atoms with Crippen molar-refractivity contribution in [3.63, 3.8) is 0 Å². The van der Waals surface area contributed by atoms with Crippen LogP contribution in [0.5, 0.6) is 0 Å². The fraction of sp³-hybridized carbons (Fsp3) is 0.667. The molecule has 1 unspecified atom stereocenters. The van der Waals surface area contributed by atoms with E-state index in [9.17, 15) is 0 Å². The maximum Gasteiger partial charge on any atom is 0.0466 e. The molecule has 0 bridgehead atoms. The Morgan fingerprint density at radius 1 is 1.20 bits per heavy atom. The molecule has 0 aromatic heterocycles. The smallest absolute Gasteiger partial charge is 0.0466 e. The third-order valence-corrected chi connectivity index (χ3v) is 3.55. The molecule has 1 N–H and O–H groups in total. The van der Waals surface area contributed by atoms with Gasteiger partial charge in [-0.25, -0.2) is 0 Å². The van der Waals surface area contributed by atoms with Crippen molar-refractivity contribution >= 4 is 0 Å². The van der Waals surface area contributed by atoms with Crippen LogP contribution >= 0.6 is 0 Å². The van der Waals surface area contributed by atoms with Gasteiger partial charge in [0.1, 0.15) is 0 Å². The van der Waals surface area contributed by atoms with Crippen LogP contribution in [0.2, 0.25) is 0 Å². The van der Waals surface area contributed by atoms with Crippen molar-refractivity contribution in [2.24, 2.45) is 0 Å². The fourth-order valence-electron chi connectivity index (χ4n) is 2.42. The highest BCUT2D eigenvalue weighted by Gasteiger charge is 2.17. The van der Waals surface area contributed by atoms with Gasteiger partial charge < -0.3 is 10.1 Å². The van der Waals surface area contributed by atoms with Gasteiger partial charge in [0.05, 0.1) is 0 Å². The zero-order valence-corrected chi connectivity index (χ0v) is 13.8. The van der Waals surface area contributed by atoms with Gasteiger partial charge >= 0.3 is 0 Å². The molecule has 1 rings (SSSR count). The number of nitrogens with one attached hydrogen (secondary N) is 1. The van der Waals surface area contributed by atoms with Crippen molar-refractivity contribution in [1.29, 1.82) is 0 Å². The summed E-state index contributed by atoms with van der Waals surface area (Å²) in [5.41, 5.74) is 3.03. The molecule has 0 fully saturated rings. The molecule has 0 saturated carbocycles. The van der Waals surface area contributed by atoms with E-state index in [-0.39, 0.29) is 5.54 Å². The van der Waals surface area contributed by atoms with Crippen molar-refractivity contribution in [3.05, 3.63) is 35.4 Å². The van der Waals surface area contributed by atoms with Crippen molar-refractivity contribution in [2.45, 2.75) is 58.9 Å². The van der Waals surface area contributed by atoms with E-state index in [1.165, 1.54) is 17.5 Å². The molecule has 0 spiro atoms. The molecule has 20 heavy (non-hydrogen) atoms. The minimum Gasteiger partial charge on any atom is -0.382 e. The van der Waals surface area contributed by atoms with E-state index in [4.69, 9.17) is 4.74 Å². The zero-order valence-electron chi connectivity index (χ0n) is 13.8. The van der Waals surface area contributed by atoms with Crippen LogP contribution in [0.4, 0.5) is 0 Å². The summed E-state index contributed by atoms with van der Waals surface area (Å²) >= 11 is 0. The summed E-state index contributed by atoms with van der Waals surface area (Å²) in [5.74, 6) is 0.566. The second-order valence-corrected chi connectivity index (χ2v) is 6.52. The molecule has 1 aromatic carbocycles. The van der Waals surface area contributed by atoms with Gasteiger partial charge in [0.2, 0.25) is 0 Å². The van der Waals surface area contributed by atoms with Gasteiger partial charge in [-0.1, -0.05) is 24.3 Å². The van der Waals surface area contributed by atoms with Crippen molar-refractivity contribution in [3.8, 4) is 0 Å². The first-order valence-corrected chi connectivity index (χ1v) is 7.82. The van der Waals surface area contributed by atoms with Gasteiger partial charge in [0.15, 0.2) is 0 Å². The topological polar surface area (TPSA) is 21.3 Å². The number of benzene rings is 1. The molecule has 0 amide bonds. The van der Waals surface area contributed by atoms with Crippen LogP contribution in [0, 0.1) is 6.92 Å². The molecule has 0 aliphatic heterocycles. The first-order valence-electron chi connectivity index (χ1n) is 7.82. The molecule has 0 heterocycles. The van der Waals surface area contributed by atoms with Crippen molar-refractivity contribution in [1.82, 2.24) is 5.32 Å². The van der Waals surface area contributed by atoms with Crippen LogP contribution in [0.25, 0.3) is 0 Å². The van der Waals surface area contributed by atoms with Gasteiger partial charge in [0.25, 0.3) is 0 Å². The summed E-state index contributed by atoms with van der Waals surface area (Å²) in [6.07, 6.45) is 2.30. The van der Waals surface area contributed by atoms with Crippen molar-refractivity contribution < 1.29 is 4.74 Å². The maximum atomic E-state index is 5.48. The Kier molecular flexibility index (Phi) is 7.25. The molecular weight excluding hydrogens is 246 g/mol. The van der Waals surface area contributed by atoms with Crippen molar-refractivity contribution in [2.75, 3.05) is 19.8 Å². The standard InChI is InChI=1S/C18H31NO/c1-6-20-13-9-11-16(14-19-18(3,4)5)17-12-8-7-10-15(17)2/h7-8,10,12,16,19H,6,9,11,13-14H2,1-5H3. The summed E-state index contributed by atoms with van der Waals surface area (Å²) < 4.78 is 5.48. The average molecular weight is 277 g/mol. The Morgan fingerprint density at radius 2 is 1.90 bits per heavy atom. The minimum absolute atomic E-state index is 0.168. The lowest BCUT2D eigenvalue weighted by Gasteiger charge is -2.26. The normalized spacial score (nSPS) is 13.4. The van der Waals surface area contributed by atoms with Crippen LogP contribution in [0.1, 0.15) is 57.6 Å². The number of ether oxygens (including phenoxy) is 1. The Bertz CT molecular complexity index is 381. The van der Waals surface area contributed by atoms with Crippen LogP contribution in [0.3, 0.4) is 0 Å². The van der Waals surface area contributed by atoms with Crippen LogP contribution in [0.15, 0.2) is 24.3 Å². The van der Waals surface area contributed by atoms with Crippen LogP contribution in [-0.2, 0) is 4.74 Å². The Morgan fingerprint density at radius 3 is 2.50 bits per heavy atom. The van der Waals surface area contributed by atoms with E-state index in [1.54, 1.807) is 0 Å². The van der Waals surface area contributed by atoms with Gasteiger partial charge in [-0.15, -0.1) is 0 Å². The monoisotopic (exact) mass is 277 g/mol. The summed E-state index contributed by atoms with van der Waals surface area (Å²) in [6, 6.07) is 8.75. The van der Waals surface area contributed by atoms with Gasteiger partial charge in [-0.05, 0) is 64.5 Å². The number of aryl methyl sites for hydroxylation is 1. The predicted octanol–water partition coefficient (Wildman–Crippen LogP) is 4.28. The van der Waals surface area contributed by atoms with Gasteiger partial charge in [0, 0.05) is 25.3 Å². The predicted molar refractivity (Wildman–Crippen MR) is 87.4 cm³/mol. The zero-order chi connectivity index (χ0) is 15.0. The average Bonchev–Trinajstić information content (AvgIpc) is 2.38. The third kappa shape index (κ3) is 6.53. The first-order chi connectivity index (χ1) is 9.44. The highest BCUT2D eigenvalue weighted by Crippen LogP contribution is 2.24. The molecule has 0 aliphatic carbocycles. The van der Waals surface area contributed by atoms with E-state index in [2.05, 4.69) is 64.2 Å². The molecule has 114 valence electrons. The lowest BCUT2D eigenvalue weighted by Crippen LogP contribution is -2.38. The number of hydrogen-bond donors (Lipinski definition) is 1. The summed E-state index contributed by atoms with van der Waals surface area (Å²) in [7, 11) is 0. The quantitative estimate of drug-likeness (QED) is 0.716. The lowest BCUT2D eigenvalue weighted by atomic mass is 9.90. The minimum atomic E-state index is 0.168. The van der Waals surface area contributed by atoms with Gasteiger partial charge in [-0.3, -0.25) is 0 Å². The molecular formula is C18H31NO. The summed E-state index contributed by atoms with van der Waals surface area (Å²) in [6.45, 7) is 13.7. The van der Waals surface area contributed by atoms with E-state index >= 15 is 0 Å². The van der Waals surface area contributed by atoms with Crippen LogP contribution in [-0.4, -0.2) is 25.3 Å². The Hall–Kier alpha value is -0.860. The second-order valence-electron chi connectivity index (χ2n) is 6.52. The highest BCUT2D eigenvalue weighted by atomic mass is 16.5. The number of hydrogen-bond acceptors (Lipinski definition) is 2. The molecule has 1 aromatic rings. The Balaban J connectivity index is 2.66.